The molecule has 0 aromatic heterocycles. The number of carboxylic acids is 1. The van der Waals surface area contributed by atoms with Gasteiger partial charge in [0.25, 0.3) is 0 Å². The number of carboxylic acid groups (broad SMARTS) is 1. The predicted molar refractivity (Wildman–Crippen MR) is 70.1 cm³/mol. The molecule has 20 heavy (non-hydrogen) atoms. The minimum atomic E-state index is -1.01. The van der Waals surface area contributed by atoms with E-state index in [1.807, 2.05) is 13.8 Å². The van der Waals surface area contributed by atoms with Crippen LogP contribution in [0, 0.1) is 11.8 Å². The largest absolute Gasteiger partial charge is 0.481 e. The summed E-state index contributed by atoms with van der Waals surface area (Å²) in [4.78, 5) is 33.8. The summed E-state index contributed by atoms with van der Waals surface area (Å²) < 4.78 is 5.02. The summed E-state index contributed by atoms with van der Waals surface area (Å²) >= 11 is 0. The highest BCUT2D eigenvalue weighted by atomic mass is 16.5. The molecule has 0 saturated carbocycles. The molecule has 0 aromatic carbocycles. The van der Waals surface area contributed by atoms with E-state index in [1.54, 1.807) is 0 Å². The summed E-state index contributed by atoms with van der Waals surface area (Å²) in [5.74, 6) is -1.72. The fourth-order valence-electron chi connectivity index (χ4n) is 1.70. The van der Waals surface area contributed by atoms with E-state index in [4.69, 9.17) is 9.84 Å². The number of hydrogen-bond acceptors (Lipinski definition) is 4. The molecule has 1 fully saturated rings. The molecule has 0 spiro atoms. The van der Waals surface area contributed by atoms with Crippen molar-refractivity contribution in [3.8, 4) is 0 Å². The lowest BCUT2D eigenvalue weighted by molar-refractivity contribution is -0.142. The number of urea groups is 1. The van der Waals surface area contributed by atoms with Crippen molar-refractivity contribution in [2.45, 2.75) is 19.9 Å². The van der Waals surface area contributed by atoms with Crippen molar-refractivity contribution in [2.75, 3.05) is 26.3 Å². The van der Waals surface area contributed by atoms with Gasteiger partial charge in [0.05, 0.1) is 25.8 Å². The molecule has 1 heterocycles. The summed E-state index contributed by atoms with van der Waals surface area (Å²) in [5, 5.41) is 16.5. The molecule has 0 aliphatic carbocycles. The molecule has 3 amide bonds. The Labute approximate surface area is 117 Å². The average molecular weight is 287 g/mol. The summed E-state index contributed by atoms with van der Waals surface area (Å²) in [5.41, 5.74) is 0. The molecule has 2 unspecified atom stereocenters. The van der Waals surface area contributed by atoms with Gasteiger partial charge in [0.15, 0.2) is 0 Å². The second-order valence-corrected chi connectivity index (χ2v) is 5.11. The van der Waals surface area contributed by atoms with Gasteiger partial charge in [0, 0.05) is 6.54 Å². The van der Waals surface area contributed by atoms with Gasteiger partial charge >= 0.3 is 12.0 Å². The predicted octanol–water partition coefficient (Wildman–Crippen LogP) is -0.843. The van der Waals surface area contributed by atoms with Crippen LogP contribution in [-0.2, 0) is 14.3 Å². The first-order chi connectivity index (χ1) is 9.40. The fraction of sp³-hybridized carbons (Fsp3) is 0.750. The molecule has 4 N–H and O–H groups in total. The van der Waals surface area contributed by atoms with E-state index in [-0.39, 0.29) is 25.7 Å². The highest BCUT2D eigenvalue weighted by Crippen LogP contribution is 2.13. The molecule has 1 aliphatic heterocycles. The van der Waals surface area contributed by atoms with Gasteiger partial charge in [-0.2, -0.15) is 0 Å². The lowest BCUT2D eigenvalue weighted by atomic mass is 10.0. The Balaban J connectivity index is 2.26. The van der Waals surface area contributed by atoms with Gasteiger partial charge < -0.3 is 25.8 Å². The van der Waals surface area contributed by atoms with Crippen LogP contribution in [0.25, 0.3) is 0 Å². The molecule has 1 rings (SSSR count). The van der Waals surface area contributed by atoms with Crippen LogP contribution in [0.2, 0.25) is 0 Å². The molecular weight excluding hydrogens is 266 g/mol. The van der Waals surface area contributed by atoms with E-state index in [1.165, 1.54) is 0 Å². The molecule has 8 nitrogen and oxygen atoms in total. The van der Waals surface area contributed by atoms with E-state index in [9.17, 15) is 14.4 Å². The number of amides is 3. The van der Waals surface area contributed by atoms with Crippen LogP contribution >= 0.6 is 0 Å². The third kappa shape index (κ3) is 5.43. The third-order valence-electron chi connectivity index (χ3n) is 2.83. The Hall–Kier alpha value is -1.83. The summed E-state index contributed by atoms with van der Waals surface area (Å²) in [6, 6.07) is -1.15. The minimum absolute atomic E-state index is 0.0785. The highest BCUT2D eigenvalue weighted by molar-refractivity contribution is 5.84. The Bertz CT molecular complexity index is 372. The molecule has 0 aromatic rings. The van der Waals surface area contributed by atoms with E-state index < -0.39 is 24.0 Å². The lowest BCUT2D eigenvalue weighted by Gasteiger charge is -2.16. The molecule has 0 radical (unpaired) electrons. The van der Waals surface area contributed by atoms with Gasteiger partial charge in [-0.3, -0.25) is 9.59 Å². The van der Waals surface area contributed by atoms with E-state index in [0.717, 1.165) is 0 Å². The van der Waals surface area contributed by atoms with Crippen LogP contribution in [0.4, 0.5) is 4.79 Å². The molecule has 8 heteroatoms. The summed E-state index contributed by atoms with van der Waals surface area (Å²) in [7, 11) is 0. The first kappa shape index (κ1) is 16.2. The first-order valence-electron chi connectivity index (χ1n) is 6.51. The van der Waals surface area contributed by atoms with Crippen LogP contribution in [0.3, 0.4) is 0 Å². The van der Waals surface area contributed by atoms with Crippen LogP contribution < -0.4 is 16.0 Å². The minimum Gasteiger partial charge on any atom is -0.481 e. The second kappa shape index (κ2) is 7.68. The van der Waals surface area contributed by atoms with Crippen molar-refractivity contribution in [1.82, 2.24) is 16.0 Å². The van der Waals surface area contributed by atoms with Gasteiger partial charge in [-0.25, -0.2) is 4.79 Å². The topological polar surface area (TPSA) is 117 Å². The van der Waals surface area contributed by atoms with Crippen molar-refractivity contribution in [3.63, 3.8) is 0 Å². The molecule has 2 atom stereocenters. The van der Waals surface area contributed by atoms with Crippen LogP contribution in [0.1, 0.15) is 13.8 Å². The maximum Gasteiger partial charge on any atom is 0.315 e. The molecule has 0 bridgehead atoms. The summed E-state index contributed by atoms with van der Waals surface area (Å²) in [6.07, 6.45) is 0. The Kier molecular flexibility index (Phi) is 6.23. The monoisotopic (exact) mass is 287 g/mol. The Morgan fingerprint density at radius 2 is 1.95 bits per heavy atom. The summed E-state index contributed by atoms with van der Waals surface area (Å²) in [6.45, 7) is 4.56. The number of aliphatic carboxylic acids is 1. The lowest BCUT2D eigenvalue weighted by Crippen LogP contribution is -2.49. The van der Waals surface area contributed by atoms with E-state index >= 15 is 0 Å². The van der Waals surface area contributed by atoms with Gasteiger partial charge in [-0.15, -0.1) is 0 Å². The number of nitrogens with one attached hydrogen (secondary N) is 3. The molecular formula is C12H21N3O5. The maximum atomic E-state index is 11.6. The van der Waals surface area contributed by atoms with Gasteiger partial charge in [-0.1, -0.05) is 13.8 Å². The van der Waals surface area contributed by atoms with Crippen molar-refractivity contribution in [2.24, 2.45) is 11.8 Å². The average Bonchev–Trinajstić information content (AvgIpc) is 2.82. The van der Waals surface area contributed by atoms with Gasteiger partial charge in [0.1, 0.15) is 5.92 Å². The highest BCUT2D eigenvalue weighted by Gasteiger charge is 2.35. The Morgan fingerprint density at radius 3 is 2.55 bits per heavy atom. The van der Waals surface area contributed by atoms with Crippen LogP contribution in [0.5, 0.6) is 0 Å². The zero-order valence-electron chi connectivity index (χ0n) is 11.6. The maximum absolute atomic E-state index is 11.6. The SMILES string of the molecule is CC(C)CNC(=O)CNC(=O)NC1COCC1C(=O)O. The Morgan fingerprint density at radius 1 is 1.25 bits per heavy atom. The molecule has 114 valence electrons. The quantitative estimate of drug-likeness (QED) is 0.508. The smallest absolute Gasteiger partial charge is 0.315 e. The molecule has 1 aliphatic rings. The first-order valence-corrected chi connectivity index (χ1v) is 6.51. The van der Waals surface area contributed by atoms with Gasteiger partial charge in [0.2, 0.25) is 5.91 Å². The number of carbonyl (C=O) groups excluding carboxylic acids is 2. The number of rotatable bonds is 6. The third-order valence-corrected chi connectivity index (χ3v) is 2.83. The van der Waals surface area contributed by atoms with Crippen molar-refractivity contribution >= 4 is 17.9 Å². The van der Waals surface area contributed by atoms with Gasteiger partial charge in [-0.05, 0) is 5.92 Å². The zero-order valence-corrected chi connectivity index (χ0v) is 11.6. The van der Waals surface area contributed by atoms with Crippen LogP contribution in [-0.4, -0.2) is 55.4 Å². The normalized spacial score (nSPS) is 21.6. The van der Waals surface area contributed by atoms with Crippen molar-refractivity contribution in [1.29, 1.82) is 0 Å². The van der Waals surface area contributed by atoms with E-state index in [2.05, 4.69) is 16.0 Å². The van der Waals surface area contributed by atoms with E-state index in [0.29, 0.717) is 12.5 Å². The second-order valence-electron chi connectivity index (χ2n) is 5.11. The van der Waals surface area contributed by atoms with Crippen LogP contribution in [0.15, 0.2) is 0 Å². The number of hydrogen-bond donors (Lipinski definition) is 4. The molecule has 1 saturated heterocycles. The fourth-order valence-corrected chi connectivity index (χ4v) is 1.70. The number of carbonyl (C=O) groups is 3. The standard InChI is InChI=1S/C12H21N3O5/c1-7(2)3-13-10(16)4-14-12(19)15-9-6-20-5-8(9)11(17)18/h7-9H,3-6H2,1-2H3,(H,13,16)(H,17,18)(H2,14,15,19). The zero-order chi connectivity index (χ0) is 15.1. The number of ether oxygens (including phenoxy) is 1. The van der Waals surface area contributed by atoms with Crippen molar-refractivity contribution in [3.05, 3.63) is 0 Å². The van der Waals surface area contributed by atoms with Crippen molar-refractivity contribution < 1.29 is 24.2 Å².